The highest BCUT2D eigenvalue weighted by Gasteiger charge is 2.13. The van der Waals surface area contributed by atoms with E-state index in [4.69, 9.17) is 5.11 Å². The Balaban J connectivity index is 1.94. The molecule has 0 aliphatic carbocycles. The number of hydrogen-bond donors (Lipinski definition) is 2. The van der Waals surface area contributed by atoms with Gasteiger partial charge in [-0.25, -0.2) is 0 Å². The van der Waals surface area contributed by atoms with Gasteiger partial charge >= 0.3 is 5.97 Å². The standard InChI is InChI=1S/C21H21NO3/c23-14-22-17(7-5-11-21(24)25)13-16-12-15-6-1-2-8-18(15)20-10-4-3-9-19(16)20/h1-4,6,8-10,12,14,17H,5,7,11,13H2,(H,22,23)(H,24,25)/t17-/m1/s1. The van der Waals surface area contributed by atoms with E-state index in [1.54, 1.807) is 0 Å². The number of rotatable bonds is 8. The van der Waals surface area contributed by atoms with Gasteiger partial charge in [0.15, 0.2) is 0 Å². The number of benzene rings is 3. The number of fused-ring (bicyclic) bond motifs is 3. The van der Waals surface area contributed by atoms with Gasteiger partial charge in [-0.2, -0.15) is 0 Å². The highest BCUT2D eigenvalue weighted by molar-refractivity contribution is 6.08. The van der Waals surface area contributed by atoms with Crippen LogP contribution in [0, 0.1) is 0 Å². The van der Waals surface area contributed by atoms with Crippen molar-refractivity contribution < 1.29 is 14.7 Å². The molecule has 3 rings (SSSR count). The van der Waals surface area contributed by atoms with Crippen molar-refractivity contribution in [2.24, 2.45) is 0 Å². The highest BCUT2D eigenvalue weighted by atomic mass is 16.4. The molecule has 0 unspecified atom stereocenters. The Morgan fingerprint density at radius 2 is 1.72 bits per heavy atom. The molecular formula is C21H21NO3. The van der Waals surface area contributed by atoms with Gasteiger partial charge in [-0.1, -0.05) is 54.6 Å². The fourth-order valence-corrected chi connectivity index (χ4v) is 3.41. The molecule has 0 spiro atoms. The topological polar surface area (TPSA) is 66.4 Å². The number of hydrogen-bond acceptors (Lipinski definition) is 2. The van der Waals surface area contributed by atoms with E-state index in [0.29, 0.717) is 25.7 Å². The molecule has 0 aliphatic heterocycles. The van der Waals surface area contributed by atoms with E-state index in [9.17, 15) is 9.59 Å². The molecule has 128 valence electrons. The Morgan fingerprint density at radius 1 is 1.04 bits per heavy atom. The highest BCUT2D eigenvalue weighted by Crippen LogP contribution is 2.29. The van der Waals surface area contributed by atoms with Crippen LogP contribution in [0.25, 0.3) is 21.5 Å². The van der Waals surface area contributed by atoms with Gasteiger partial charge in [0.05, 0.1) is 0 Å². The predicted molar refractivity (Wildman–Crippen MR) is 99.6 cm³/mol. The Bertz CT molecular complexity index is 904. The molecule has 1 amide bonds. The summed E-state index contributed by atoms with van der Waals surface area (Å²) < 4.78 is 0. The molecule has 0 heterocycles. The summed E-state index contributed by atoms with van der Waals surface area (Å²) in [6.07, 6.45) is 2.70. The third kappa shape index (κ3) is 3.97. The normalized spacial score (nSPS) is 12.2. The van der Waals surface area contributed by atoms with E-state index in [0.717, 1.165) is 0 Å². The van der Waals surface area contributed by atoms with Crippen LogP contribution in [-0.4, -0.2) is 23.5 Å². The number of carboxylic acid groups (broad SMARTS) is 1. The number of carboxylic acids is 1. The minimum atomic E-state index is -0.805. The van der Waals surface area contributed by atoms with E-state index < -0.39 is 5.97 Å². The Labute approximate surface area is 146 Å². The minimum absolute atomic E-state index is 0.0681. The lowest BCUT2D eigenvalue weighted by atomic mass is 9.92. The van der Waals surface area contributed by atoms with Crippen LogP contribution in [0.4, 0.5) is 0 Å². The van der Waals surface area contributed by atoms with Crippen molar-refractivity contribution >= 4 is 33.9 Å². The summed E-state index contributed by atoms with van der Waals surface area (Å²) in [6.45, 7) is 0. The lowest BCUT2D eigenvalue weighted by molar-refractivity contribution is -0.137. The molecule has 4 nitrogen and oxygen atoms in total. The van der Waals surface area contributed by atoms with Crippen LogP contribution >= 0.6 is 0 Å². The van der Waals surface area contributed by atoms with Crippen LogP contribution < -0.4 is 5.32 Å². The van der Waals surface area contributed by atoms with Gasteiger partial charge in [-0.3, -0.25) is 9.59 Å². The molecule has 0 fully saturated rings. The van der Waals surface area contributed by atoms with Crippen molar-refractivity contribution in [1.29, 1.82) is 0 Å². The van der Waals surface area contributed by atoms with Crippen LogP contribution in [0.2, 0.25) is 0 Å². The summed E-state index contributed by atoms with van der Waals surface area (Å²) in [4.78, 5) is 21.7. The third-order valence-corrected chi connectivity index (χ3v) is 4.57. The van der Waals surface area contributed by atoms with Crippen LogP contribution in [0.5, 0.6) is 0 Å². The summed E-state index contributed by atoms with van der Waals surface area (Å²) in [7, 11) is 0. The zero-order chi connectivity index (χ0) is 17.6. The molecule has 0 aromatic heterocycles. The predicted octanol–water partition coefficient (Wildman–Crippen LogP) is 3.91. The van der Waals surface area contributed by atoms with Gasteiger partial charge in [0.1, 0.15) is 0 Å². The second-order valence-electron chi connectivity index (χ2n) is 6.27. The Hall–Kier alpha value is -2.88. The number of carbonyl (C=O) groups excluding carboxylic acids is 1. The van der Waals surface area contributed by atoms with E-state index >= 15 is 0 Å². The number of nitrogens with one attached hydrogen (secondary N) is 1. The fraction of sp³-hybridized carbons (Fsp3) is 0.238. The number of amides is 1. The molecular weight excluding hydrogens is 314 g/mol. The van der Waals surface area contributed by atoms with Crippen LogP contribution in [0.1, 0.15) is 24.8 Å². The first kappa shape index (κ1) is 17.0. The number of carbonyl (C=O) groups is 2. The summed E-state index contributed by atoms with van der Waals surface area (Å²) in [5.74, 6) is -0.805. The molecule has 3 aromatic rings. The first-order chi connectivity index (χ1) is 12.2. The lowest BCUT2D eigenvalue weighted by Crippen LogP contribution is -2.30. The Kier molecular flexibility index (Phi) is 5.29. The van der Waals surface area contributed by atoms with E-state index in [2.05, 4.69) is 35.6 Å². The maximum Gasteiger partial charge on any atom is 0.303 e. The van der Waals surface area contributed by atoms with Crippen LogP contribution in [-0.2, 0) is 16.0 Å². The third-order valence-electron chi connectivity index (χ3n) is 4.57. The van der Waals surface area contributed by atoms with E-state index in [-0.39, 0.29) is 12.5 Å². The van der Waals surface area contributed by atoms with Gasteiger partial charge in [0.25, 0.3) is 0 Å². The van der Waals surface area contributed by atoms with Crippen molar-refractivity contribution in [3.05, 3.63) is 60.2 Å². The SMILES string of the molecule is O=CN[C@H](CCCC(=O)O)Cc1cc2ccccc2c2ccccc12. The summed E-state index contributed by atoms with van der Waals surface area (Å²) in [6, 6.07) is 18.7. The summed E-state index contributed by atoms with van der Waals surface area (Å²) in [5, 5.41) is 16.4. The monoisotopic (exact) mass is 335 g/mol. The van der Waals surface area contributed by atoms with Crippen LogP contribution in [0.3, 0.4) is 0 Å². The molecule has 25 heavy (non-hydrogen) atoms. The molecule has 3 aromatic carbocycles. The first-order valence-electron chi connectivity index (χ1n) is 8.50. The first-order valence-corrected chi connectivity index (χ1v) is 8.50. The maximum absolute atomic E-state index is 11.0. The maximum atomic E-state index is 11.0. The molecule has 0 bridgehead atoms. The molecule has 2 N–H and O–H groups in total. The second kappa shape index (κ2) is 7.79. The molecule has 0 radical (unpaired) electrons. The quantitative estimate of drug-likeness (QED) is 0.484. The molecule has 4 heteroatoms. The minimum Gasteiger partial charge on any atom is -0.481 e. The van der Waals surface area contributed by atoms with Gasteiger partial charge in [0.2, 0.25) is 6.41 Å². The molecule has 0 aliphatic rings. The summed E-state index contributed by atoms with van der Waals surface area (Å²) in [5.41, 5.74) is 1.17. The van der Waals surface area contributed by atoms with Crippen molar-refractivity contribution in [2.45, 2.75) is 31.7 Å². The van der Waals surface area contributed by atoms with E-state index in [1.807, 2.05) is 24.3 Å². The molecule has 1 atom stereocenters. The average molecular weight is 335 g/mol. The lowest BCUT2D eigenvalue weighted by Gasteiger charge is -2.18. The second-order valence-corrected chi connectivity index (χ2v) is 6.27. The van der Waals surface area contributed by atoms with Crippen molar-refractivity contribution in [1.82, 2.24) is 5.32 Å². The summed E-state index contributed by atoms with van der Waals surface area (Å²) >= 11 is 0. The average Bonchev–Trinajstić information content (AvgIpc) is 2.62. The van der Waals surface area contributed by atoms with Crippen molar-refractivity contribution in [3.8, 4) is 0 Å². The van der Waals surface area contributed by atoms with Crippen molar-refractivity contribution in [2.75, 3.05) is 0 Å². The van der Waals surface area contributed by atoms with Gasteiger partial charge in [-0.05, 0) is 46.4 Å². The smallest absolute Gasteiger partial charge is 0.303 e. The molecule has 0 saturated carbocycles. The van der Waals surface area contributed by atoms with Gasteiger partial charge in [0, 0.05) is 12.5 Å². The number of aliphatic carboxylic acids is 1. The Morgan fingerprint density at radius 3 is 2.44 bits per heavy atom. The van der Waals surface area contributed by atoms with Gasteiger partial charge < -0.3 is 10.4 Å². The molecule has 0 saturated heterocycles. The zero-order valence-corrected chi connectivity index (χ0v) is 13.9. The largest absolute Gasteiger partial charge is 0.481 e. The van der Waals surface area contributed by atoms with Crippen molar-refractivity contribution in [3.63, 3.8) is 0 Å². The van der Waals surface area contributed by atoms with Crippen LogP contribution in [0.15, 0.2) is 54.6 Å². The van der Waals surface area contributed by atoms with Gasteiger partial charge in [-0.15, -0.1) is 0 Å². The zero-order valence-electron chi connectivity index (χ0n) is 13.9. The fourth-order valence-electron chi connectivity index (χ4n) is 3.41. The van der Waals surface area contributed by atoms with E-state index in [1.165, 1.54) is 27.1 Å².